The van der Waals surface area contributed by atoms with Gasteiger partial charge in [0.25, 0.3) is 0 Å². The van der Waals surface area contributed by atoms with Gasteiger partial charge in [0.2, 0.25) is 0 Å². The second-order valence-electron chi connectivity index (χ2n) is 5.86. The van der Waals surface area contributed by atoms with Gasteiger partial charge in [-0.1, -0.05) is 48.5 Å². The summed E-state index contributed by atoms with van der Waals surface area (Å²) in [5.41, 5.74) is 7.07. The van der Waals surface area contributed by atoms with Gasteiger partial charge in [0.05, 0.1) is 10.5 Å². The molecule has 5 nitrogen and oxygen atoms in total. The van der Waals surface area contributed by atoms with Gasteiger partial charge in [0, 0.05) is 0 Å². The Kier molecular flexibility index (Phi) is 5.07. The summed E-state index contributed by atoms with van der Waals surface area (Å²) in [7, 11) is -4.09. The number of hydrogen-bond donors (Lipinski definition) is 2. The SMILES string of the molecule is NC(c1ccccc1-c1ccccc1C(=O)O)S(=O)(=O)c1cccc(F)c1. The Morgan fingerprint density at radius 2 is 1.56 bits per heavy atom. The van der Waals surface area contributed by atoms with Crippen LogP contribution in [0.25, 0.3) is 11.1 Å². The second-order valence-corrected chi connectivity index (χ2v) is 7.93. The highest BCUT2D eigenvalue weighted by Gasteiger charge is 2.28. The van der Waals surface area contributed by atoms with Crippen molar-refractivity contribution in [2.24, 2.45) is 5.73 Å². The highest BCUT2D eigenvalue weighted by atomic mass is 32.2. The monoisotopic (exact) mass is 385 g/mol. The van der Waals surface area contributed by atoms with Crippen LogP contribution < -0.4 is 5.73 Å². The van der Waals surface area contributed by atoms with Crippen LogP contribution in [0.1, 0.15) is 21.3 Å². The maximum absolute atomic E-state index is 13.5. The van der Waals surface area contributed by atoms with Gasteiger partial charge >= 0.3 is 5.97 Å². The summed E-state index contributed by atoms with van der Waals surface area (Å²) >= 11 is 0. The van der Waals surface area contributed by atoms with Gasteiger partial charge in [-0.3, -0.25) is 0 Å². The van der Waals surface area contributed by atoms with E-state index in [4.69, 9.17) is 5.73 Å². The van der Waals surface area contributed by atoms with Crippen molar-refractivity contribution < 1.29 is 22.7 Å². The molecule has 3 aromatic carbocycles. The Bertz CT molecular complexity index is 1110. The summed E-state index contributed by atoms with van der Waals surface area (Å²) in [5, 5.41) is 7.95. The number of aromatic carboxylic acids is 1. The van der Waals surface area contributed by atoms with Gasteiger partial charge in [0.15, 0.2) is 9.84 Å². The highest BCUT2D eigenvalue weighted by Crippen LogP contribution is 2.34. The summed E-state index contributed by atoms with van der Waals surface area (Å²) in [6.07, 6.45) is 0. The standard InChI is InChI=1S/C20H16FNO4S/c21-13-6-5-7-14(12-13)27(25,26)19(22)17-10-3-1-8-15(17)16-9-2-4-11-18(16)20(23)24/h1-12,19H,22H2,(H,23,24). The molecule has 0 bridgehead atoms. The summed E-state index contributed by atoms with van der Waals surface area (Å²) in [5.74, 6) is -1.82. The average Bonchev–Trinajstić information content (AvgIpc) is 2.67. The normalized spacial score (nSPS) is 12.5. The largest absolute Gasteiger partial charge is 0.478 e. The van der Waals surface area contributed by atoms with E-state index < -0.39 is 27.0 Å². The molecule has 3 rings (SSSR count). The van der Waals surface area contributed by atoms with E-state index in [1.807, 2.05) is 0 Å². The molecule has 3 N–H and O–H groups in total. The zero-order valence-corrected chi connectivity index (χ0v) is 14.9. The van der Waals surface area contributed by atoms with Gasteiger partial charge < -0.3 is 10.8 Å². The van der Waals surface area contributed by atoms with Crippen LogP contribution in [-0.2, 0) is 9.84 Å². The zero-order chi connectivity index (χ0) is 19.6. The molecule has 1 atom stereocenters. The third-order valence-corrected chi connectivity index (χ3v) is 6.01. The summed E-state index contributed by atoms with van der Waals surface area (Å²) in [6.45, 7) is 0. The third-order valence-electron chi connectivity index (χ3n) is 4.17. The molecule has 3 aromatic rings. The molecule has 0 aliphatic heterocycles. The number of hydrogen-bond acceptors (Lipinski definition) is 4. The molecule has 1 unspecified atom stereocenters. The average molecular weight is 385 g/mol. The first-order valence-electron chi connectivity index (χ1n) is 7.99. The maximum Gasteiger partial charge on any atom is 0.336 e. The summed E-state index contributed by atoms with van der Waals surface area (Å²) in [6, 6.07) is 17.3. The number of carbonyl (C=O) groups is 1. The Balaban J connectivity index is 2.16. The lowest BCUT2D eigenvalue weighted by Crippen LogP contribution is -2.23. The van der Waals surface area contributed by atoms with Crippen LogP contribution in [0.4, 0.5) is 4.39 Å². The molecule has 0 saturated heterocycles. The highest BCUT2D eigenvalue weighted by molar-refractivity contribution is 7.91. The molecule has 27 heavy (non-hydrogen) atoms. The van der Waals surface area contributed by atoms with Crippen molar-refractivity contribution >= 4 is 15.8 Å². The van der Waals surface area contributed by atoms with Crippen molar-refractivity contribution in [1.29, 1.82) is 0 Å². The van der Waals surface area contributed by atoms with E-state index in [2.05, 4.69) is 0 Å². The molecule has 0 heterocycles. The molecule has 7 heteroatoms. The Hall–Kier alpha value is -3.03. The fourth-order valence-corrected chi connectivity index (χ4v) is 4.23. The molecule has 0 spiro atoms. The van der Waals surface area contributed by atoms with Crippen LogP contribution in [0, 0.1) is 5.82 Å². The van der Waals surface area contributed by atoms with Crippen molar-refractivity contribution in [1.82, 2.24) is 0 Å². The smallest absolute Gasteiger partial charge is 0.336 e. The lowest BCUT2D eigenvalue weighted by molar-refractivity contribution is 0.0697. The Morgan fingerprint density at radius 3 is 2.22 bits per heavy atom. The minimum Gasteiger partial charge on any atom is -0.478 e. The van der Waals surface area contributed by atoms with E-state index in [1.165, 1.54) is 24.3 Å². The van der Waals surface area contributed by atoms with E-state index in [-0.39, 0.29) is 16.0 Å². The van der Waals surface area contributed by atoms with Crippen LogP contribution in [0.5, 0.6) is 0 Å². The number of carboxylic acids is 1. The molecule has 0 saturated carbocycles. The van der Waals surface area contributed by atoms with Crippen LogP contribution >= 0.6 is 0 Å². The first-order chi connectivity index (χ1) is 12.8. The zero-order valence-electron chi connectivity index (χ0n) is 14.0. The quantitative estimate of drug-likeness (QED) is 0.699. The maximum atomic E-state index is 13.5. The first-order valence-corrected chi connectivity index (χ1v) is 9.53. The van der Waals surface area contributed by atoms with Crippen molar-refractivity contribution in [3.63, 3.8) is 0 Å². The topological polar surface area (TPSA) is 97.5 Å². The van der Waals surface area contributed by atoms with Gasteiger partial charge in [0.1, 0.15) is 11.2 Å². The molecule has 0 aliphatic carbocycles. The minimum atomic E-state index is -4.09. The molecule has 0 aromatic heterocycles. The Morgan fingerprint density at radius 1 is 0.926 bits per heavy atom. The van der Waals surface area contributed by atoms with Gasteiger partial charge in [-0.05, 0) is 41.0 Å². The molecule has 0 fully saturated rings. The van der Waals surface area contributed by atoms with Crippen molar-refractivity contribution in [3.05, 3.63) is 89.7 Å². The first kappa shape index (κ1) is 18.8. The molecule has 138 valence electrons. The molecule has 0 radical (unpaired) electrons. The van der Waals surface area contributed by atoms with Crippen molar-refractivity contribution in [3.8, 4) is 11.1 Å². The fourth-order valence-electron chi connectivity index (χ4n) is 2.85. The van der Waals surface area contributed by atoms with Crippen molar-refractivity contribution in [2.75, 3.05) is 0 Å². The van der Waals surface area contributed by atoms with Crippen molar-refractivity contribution in [2.45, 2.75) is 10.3 Å². The predicted octanol–water partition coefficient (Wildman–Crippen LogP) is 3.62. The molecular weight excluding hydrogens is 369 g/mol. The van der Waals surface area contributed by atoms with Gasteiger partial charge in [-0.2, -0.15) is 0 Å². The second kappa shape index (κ2) is 7.30. The van der Waals surface area contributed by atoms with E-state index in [0.717, 1.165) is 12.1 Å². The van der Waals surface area contributed by atoms with Crippen LogP contribution in [0.3, 0.4) is 0 Å². The van der Waals surface area contributed by atoms with Crippen LogP contribution in [0.15, 0.2) is 77.7 Å². The number of sulfone groups is 1. The number of carboxylic acid groups (broad SMARTS) is 1. The molecule has 0 amide bonds. The molecular formula is C20H16FNO4S. The van der Waals surface area contributed by atoms with Gasteiger partial charge in [-0.25, -0.2) is 17.6 Å². The lowest BCUT2D eigenvalue weighted by Gasteiger charge is -2.18. The van der Waals surface area contributed by atoms with E-state index in [0.29, 0.717) is 11.1 Å². The number of rotatable bonds is 5. The van der Waals surface area contributed by atoms with Crippen LogP contribution in [-0.4, -0.2) is 19.5 Å². The number of benzene rings is 3. The summed E-state index contributed by atoms with van der Waals surface area (Å²) in [4.78, 5) is 11.3. The Labute approximate surface area is 155 Å². The predicted molar refractivity (Wildman–Crippen MR) is 99.4 cm³/mol. The summed E-state index contributed by atoms with van der Waals surface area (Å²) < 4.78 is 39.2. The van der Waals surface area contributed by atoms with Crippen LogP contribution in [0.2, 0.25) is 0 Å². The number of nitrogens with two attached hydrogens (primary N) is 1. The third kappa shape index (κ3) is 3.60. The molecule has 0 aliphatic rings. The van der Waals surface area contributed by atoms with E-state index in [1.54, 1.807) is 36.4 Å². The van der Waals surface area contributed by atoms with E-state index >= 15 is 0 Å². The van der Waals surface area contributed by atoms with Gasteiger partial charge in [-0.15, -0.1) is 0 Å². The number of halogens is 1. The fraction of sp³-hybridized carbons (Fsp3) is 0.0500. The minimum absolute atomic E-state index is 0.0281. The van der Waals surface area contributed by atoms with E-state index in [9.17, 15) is 22.7 Å². The lowest BCUT2D eigenvalue weighted by atomic mass is 9.95.